The highest BCUT2D eigenvalue weighted by Gasteiger charge is 1.95. The van der Waals surface area contributed by atoms with Gasteiger partial charge in [0.15, 0.2) is 0 Å². The molecule has 0 aromatic rings. The van der Waals surface area contributed by atoms with E-state index < -0.39 is 5.97 Å². The fourth-order valence-corrected chi connectivity index (χ4v) is 2.18. The van der Waals surface area contributed by atoms with Crippen molar-refractivity contribution < 1.29 is 9.90 Å². The molecule has 0 saturated heterocycles. The van der Waals surface area contributed by atoms with Crippen molar-refractivity contribution >= 4 is 5.97 Å². The molecule has 0 heterocycles. The molecule has 1 N–H and O–H groups in total. The van der Waals surface area contributed by atoms with Crippen LogP contribution in [-0.4, -0.2) is 11.1 Å². The fourth-order valence-electron chi connectivity index (χ4n) is 2.18. The van der Waals surface area contributed by atoms with E-state index in [-0.39, 0.29) is 0 Å². The first-order valence-corrected chi connectivity index (χ1v) is 8.90. The Hall–Kier alpha value is -1.41. The van der Waals surface area contributed by atoms with Crippen molar-refractivity contribution in [2.75, 3.05) is 0 Å². The number of carboxylic acid groups (broad SMARTS) is 1. The van der Waals surface area contributed by atoms with Gasteiger partial charge >= 0.3 is 5.97 Å². The SMILES string of the molecule is CCCCCCCCC#CCC#CCCCCCCC(=O)O. The standard InChI is InChI=1S/C20H32O2/c1-2-3-4-5-6-7-8-9-10-11-12-13-14-15-16-17-18-19-20(21)22/h2-8,11,14-19H2,1H3,(H,21,22). The summed E-state index contributed by atoms with van der Waals surface area (Å²) in [7, 11) is 0. The van der Waals surface area contributed by atoms with E-state index in [1.807, 2.05) is 0 Å². The summed E-state index contributed by atoms with van der Waals surface area (Å²) in [5.41, 5.74) is 0. The number of rotatable bonds is 12. The van der Waals surface area contributed by atoms with Gasteiger partial charge in [0.2, 0.25) is 0 Å². The third-order valence-electron chi connectivity index (χ3n) is 3.52. The number of carbonyl (C=O) groups is 1. The van der Waals surface area contributed by atoms with Gasteiger partial charge in [0.1, 0.15) is 0 Å². The Bertz CT molecular complexity index is 376. The molecule has 0 rings (SSSR count). The van der Waals surface area contributed by atoms with Crippen LogP contribution in [0.15, 0.2) is 0 Å². The smallest absolute Gasteiger partial charge is 0.303 e. The summed E-state index contributed by atoms with van der Waals surface area (Å²) in [6.45, 7) is 2.24. The van der Waals surface area contributed by atoms with E-state index in [4.69, 9.17) is 5.11 Å². The maximum Gasteiger partial charge on any atom is 0.303 e. The molecule has 0 saturated carbocycles. The van der Waals surface area contributed by atoms with Gasteiger partial charge in [-0.25, -0.2) is 0 Å². The van der Waals surface area contributed by atoms with E-state index in [0.29, 0.717) is 12.8 Å². The molecule has 0 aromatic carbocycles. The van der Waals surface area contributed by atoms with Crippen molar-refractivity contribution in [3.8, 4) is 23.7 Å². The number of aliphatic carboxylic acids is 1. The Labute approximate surface area is 137 Å². The molecule has 0 radical (unpaired) electrons. The minimum absolute atomic E-state index is 0.292. The maximum absolute atomic E-state index is 10.3. The molecular formula is C20H32O2. The first-order chi connectivity index (χ1) is 10.8. The number of carboxylic acids is 1. The van der Waals surface area contributed by atoms with Crippen LogP contribution in [0.3, 0.4) is 0 Å². The molecule has 0 bridgehead atoms. The van der Waals surface area contributed by atoms with Crippen LogP contribution in [0.4, 0.5) is 0 Å². The Morgan fingerprint density at radius 1 is 0.727 bits per heavy atom. The minimum atomic E-state index is -0.695. The summed E-state index contributed by atoms with van der Waals surface area (Å²) < 4.78 is 0. The lowest BCUT2D eigenvalue weighted by molar-refractivity contribution is -0.137. The van der Waals surface area contributed by atoms with Crippen LogP contribution < -0.4 is 0 Å². The summed E-state index contributed by atoms with van der Waals surface area (Å²) >= 11 is 0. The van der Waals surface area contributed by atoms with Crippen LogP contribution in [0, 0.1) is 23.7 Å². The summed E-state index contributed by atoms with van der Waals surface area (Å²) in [5.74, 6) is 11.9. The number of hydrogen-bond acceptors (Lipinski definition) is 1. The first-order valence-electron chi connectivity index (χ1n) is 8.90. The van der Waals surface area contributed by atoms with Gasteiger partial charge in [0, 0.05) is 19.3 Å². The summed E-state index contributed by atoms with van der Waals surface area (Å²) in [4.78, 5) is 10.3. The van der Waals surface area contributed by atoms with E-state index in [0.717, 1.165) is 38.5 Å². The molecule has 124 valence electrons. The Balaban J connectivity index is 3.28. The average molecular weight is 304 g/mol. The van der Waals surface area contributed by atoms with Gasteiger partial charge in [0.05, 0.1) is 6.42 Å². The molecule has 0 atom stereocenters. The lowest BCUT2D eigenvalue weighted by atomic mass is 10.1. The monoisotopic (exact) mass is 304 g/mol. The predicted molar refractivity (Wildman–Crippen MR) is 93.5 cm³/mol. The zero-order valence-electron chi connectivity index (χ0n) is 14.3. The third-order valence-corrected chi connectivity index (χ3v) is 3.52. The van der Waals surface area contributed by atoms with E-state index in [1.165, 1.54) is 38.5 Å². The second-order valence-corrected chi connectivity index (χ2v) is 5.71. The van der Waals surface area contributed by atoms with Gasteiger partial charge in [0.25, 0.3) is 0 Å². The van der Waals surface area contributed by atoms with Crippen LogP contribution in [-0.2, 0) is 4.79 Å². The van der Waals surface area contributed by atoms with Gasteiger partial charge in [-0.3, -0.25) is 4.79 Å². The predicted octanol–water partition coefficient (Wildman–Crippen LogP) is 5.56. The molecule has 0 aliphatic heterocycles. The van der Waals surface area contributed by atoms with Gasteiger partial charge in [-0.1, -0.05) is 63.7 Å². The summed E-state index contributed by atoms with van der Waals surface area (Å²) in [6, 6.07) is 0. The first kappa shape index (κ1) is 20.6. The van der Waals surface area contributed by atoms with Crippen LogP contribution in [0.25, 0.3) is 0 Å². The van der Waals surface area contributed by atoms with Crippen LogP contribution in [0.1, 0.15) is 96.8 Å². The second kappa shape index (κ2) is 17.6. The van der Waals surface area contributed by atoms with Gasteiger partial charge in [-0.2, -0.15) is 0 Å². The molecule has 2 nitrogen and oxygen atoms in total. The van der Waals surface area contributed by atoms with Crippen molar-refractivity contribution in [1.29, 1.82) is 0 Å². The lowest BCUT2D eigenvalue weighted by Crippen LogP contribution is -1.93. The molecule has 0 aromatic heterocycles. The molecule has 0 fully saturated rings. The molecule has 2 heteroatoms. The van der Waals surface area contributed by atoms with E-state index >= 15 is 0 Å². The Kier molecular flexibility index (Phi) is 16.5. The van der Waals surface area contributed by atoms with Gasteiger partial charge in [-0.15, -0.1) is 11.8 Å². The van der Waals surface area contributed by atoms with Crippen LogP contribution in [0.2, 0.25) is 0 Å². The highest BCUT2D eigenvalue weighted by atomic mass is 16.4. The minimum Gasteiger partial charge on any atom is -0.481 e. The quantitative estimate of drug-likeness (QED) is 0.378. The maximum atomic E-state index is 10.3. The van der Waals surface area contributed by atoms with Crippen molar-refractivity contribution in [3.63, 3.8) is 0 Å². The molecule has 0 aliphatic rings. The van der Waals surface area contributed by atoms with Gasteiger partial charge in [-0.05, 0) is 19.3 Å². The zero-order valence-corrected chi connectivity index (χ0v) is 14.3. The molecule has 0 aliphatic carbocycles. The molecule has 22 heavy (non-hydrogen) atoms. The highest BCUT2D eigenvalue weighted by molar-refractivity contribution is 5.66. The lowest BCUT2D eigenvalue weighted by Gasteiger charge is -1.96. The van der Waals surface area contributed by atoms with E-state index in [9.17, 15) is 4.79 Å². The molecule has 0 unspecified atom stereocenters. The summed E-state index contributed by atoms with van der Waals surface area (Å²) in [6.07, 6.45) is 14.7. The molecule has 0 amide bonds. The third kappa shape index (κ3) is 18.6. The van der Waals surface area contributed by atoms with Crippen LogP contribution >= 0.6 is 0 Å². The Morgan fingerprint density at radius 3 is 1.77 bits per heavy atom. The highest BCUT2D eigenvalue weighted by Crippen LogP contribution is 2.06. The van der Waals surface area contributed by atoms with Crippen molar-refractivity contribution in [1.82, 2.24) is 0 Å². The van der Waals surface area contributed by atoms with Gasteiger partial charge < -0.3 is 5.11 Å². The average Bonchev–Trinajstić information content (AvgIpc) is 2.50. The topological polar surface area (TPSA) is 37.3 Å². The largest absolute Gasteiger partial charge is 0.481 e. The summed E-state index contributed by atoms with van der Waals surface area (Å²) in [5, 5.41) is 8.50. The molecular weight excluding hydrogens is 272 g/mol. The number of hydrogen-bond donors (Lipinski definition) is 1. The zero-order chi connectivity index (χ0) is 16.3. The normalized spacial score (nSPS) is 9.50. The van der Waals surface area contributed by atoms with Crippen molar-refractivity contribution in [2.24, 2.45) is 0 Å². The second-order valence-electron chi connectivity index (χ2n) is 5.71. The fraction of sp³-hybridized carbons (Fsp3) is 0.750. The van der Waals surface area contributed by atoms with Crippen molar-refractivity contribution in [3.05, 3.63) is 0 Å². The number of unbranched alkanes of at least 4 members (excludes halogenated alkanes) is 10. The van der Waals surface area contributed by atoms with E-state index in [2.05, 4.69) is 30.6 Å². The van der Waals surface area contributed by atoms with Crippen LogP contribution in [0.5, 0.6) is 0 Å². The molecule has 0 spiro atoms. The van der Waals surface area contributed by atoms with E-state index in [1.54, 1.807) is 0 Å². The Morgan fingerprint density at radius 2 is 1.23 bits per heavy atom. The van der Waals surface area contributed by atoms with Crippen molar-refractivity contribution in [2.45, 2.75) is 96.8 Å².